The second-order valence-corrected chi connectivity index (χ2v) is 6.48. The van der Waals surface area contributed by atoms with Crippen molar-refractivity contribution < 1.29 is 18.3 Å². The van der Waals surface area contributed by atoms with Gasteiger partial charge in [-0.3, -0.25) is 14.6 Å². The molecule has 0 saturated carbocycles. The van der Waals surface area contributed by atoms with Gasteiger partial charge in [0.25, 0.3) is 0 Å². The van der Waals surface area contributed by atoms with Crippen molar-refractivity contribution in [1.29, 1.82) is 0 Å². The van der Waals surface area contributed by atoms with Crippen molar-refractivity contribution >= 4 is 15.9 Å². The minimum Gasteiger partial charge on any atom is -0.396 e. The molecule has 0 aliphatic heterocycles. The summed E-state index contributed by atoms with van der Waals surface area (Å²) in [5.74, 6) is 0. The minimum absolute atomic E-state index is 0.0783. The maximum atomic E-state index is 12.8. The van der Waals surface area contributed by atoms with Gasteiger partial charge in [0, 0.05) is 35.2 Å². The molecule has 0 saturated heterocycles. The van der Waals surface area contributed by atoms with E-state index in [1.54, 1.807) is 23.1 Å². The topological polar surface area (TPSA) is 63.8 Å². The quantitative estimate of drug-likeness (QED) is 0.667. The molecular formula is C17H14BrF3N4O. The highest BCUT2D eigenvalue weighted by Crippen LogP contribution is 2.31. The van der Waals surface area contributed by atoms with Gasteiger partial charge in [-0.15, -0.1) is 0 Å². The first kappa shape index (κ1) is 18.5. The third kappa shape index (κ3) is 4.10. The molecule has 0 spiro atoms. The molecule has 5 nitrogen and oxygen atoms in total. The molecule has 1 unspecified atom stereocenters. The van der Waals surface area contributed by atoms with Crippen LogP contribution in [0, 0.1) is 0 Å². The average molecular weight is 427 g/mol. The van der Waals surface area contributed by atoms with Crippen LogP contribution in [0.1, 0.15) is 23.9 Å². The molecule has 0 aliphatic rings. The lowest BCUT2D eigenvalue weighted by Crippen LogP contribution is -2.14. The number of hydrogen-bond acceptors (Lipinski definition) is 4. The Morgan fingerprint density at radius 1 is 1.12 bits per heavy atom. The van der Waals surface area contributed by atoms with Gasteiger partial charge >= 0.3 is 6.18 Å². The molecule has 26 heavy (non-hydrogen) atoms. The highest BCUT2D eigenvalue weighted by atomic mass is 79.9. The lowest BCUT2D eigenvalue weighted by molar-refractivity contribution is -0.141. The van der Waals surface area contributed by atoms with Crippen LogP contribution >= 0.6 is 15.9 Å². The van der Waals surface area contributed by atoms with E-state index in [0.717, 1.165) is 16.7 Å². The monoisotopic (exact) mass is 426 g/mol. The number of nitrogens with zero attached hydrogens (tertiary/aromatic N) is 4. The molecular weight excluding hydrogens is 413 g/mol. The number of halogens is 4. The number of aliphatic hydroxyl groups excluding tert-OH is 1. The summed E-state index contributed by atoms with van der Waals surface area (Å²) in [6.45, 7) is -0.0783. The molecule has 1 atom stereocenters. The van der Waals surface area contributed by atoms with Gasteiger partial charge < -0.3 is 5.11 Å². The standard InChI is InChI=1S/C17H14BrF3N4O/c18-13-1-2-14(23-9-13)15(4-6-26)25-10-12(8-24-25)11-3-5-22-16(7-11)17(19,20)21/h1-3,5,7-10,15,26H,4,6H2. The molecule has 0 fully saturated rings. The first-order chi connectivity index (χ1) is 12.4. The molecule has 9 heteroatoms. The normalized spacial score (nSPS) is 13.0. The second-order valence-electron chi connectivity index (χ2n) is 5.57. The maximum Gasteiger partial charge on any atom is 0.433 e. The number of pyridine rings is 2. The lowest BCUT2D eigenvalue weighted by Gasteiger charge is -2.16. The SMILES string of the molecule is OCCC(c1ccc(Br)cn1)n1cc(-c2ccnc(C(F)(F)F)c2)cn1. The van der Waals surface area contributed by atoms with Crippen LogP contribution in [0.4, 0.5) is 13.2 Å². The largest absolute Gasteiger partial charge is 0.433 e. The molecule has 0 amide bonds. The third-order valence-electron chi connectivity index (χ3n) is 3.80. The van der Waals surface area contributed by atoms with E-state index in [1.165, 1.54) is 12.3 Å². The number of aromatic nitrogens is 4. The molecule has 3 heterocycles. The van der Waals surface area contributed by atoms with E-state index in [-0.39, 0.29) is 12.6 Å². The van der Waals surface area contributed by atoms with Crippen molar-refractivity contribution in [2.45, 2.75) is 18.6 Å². The molecule has 0 aromatic carbocycles. The van der Waals surface area contributed by atoms with Crippen LogP contribution in [0.15, 0.2) is 53.5 Å². The first-order valence-corrected chi connectivity index (χ1v) is 8.48. The fourth-order valence-corrected chi connectivity index (χ4v) is 2.78. The second kappa shape index (κ2) is 7.55. The van der Waals surface area contributed by atoms with E-state index in [1.807, 2.05) is 6.07 Å². The van der Waals surface area contributed by atoms with Crippen molar-refractivity contribution in [2.24, 2.45) is 0 Å². The summed E-state index contributed by atoms with van der Waals surface area (Å²) in [5, 5.41) is 13.6. The van der Waals surface area contributed by atoms with Gasteiger partial charge in [-0.2, -0.15) is 18.3 Å². The molecule has 1 N–H and O–H groups in total. The zero-order valence-electron chi connectivity index (χ0n) is 13.4. The summed E-state index contributed by atoms with van der Waals surface area (Å²) in [5.41, 5.74) is 0.634. The summed E-state index contributed by atoms with van der Waals surface area (Å²) in [7, 11) is 0. The summed E-state index contributed by atoms with van der Waals surface area (Å²) >= 11 is 3.32. The van der Waals surface area contributed by atoms with E-state index in [0.29, 0.717) is 23.2 Å². The molecule has 3 aromatic heterocycles. The van der Waals surface area contributed by atoms with Gasteiger partial charge in [-0.05, 0) is 52.2 Å². The van der Waals surface area contributed by atoms with Gasteiger partial charge in [-0.25, -0.2) is 0 Å². The molecule has 0 bridgehead atoms. The number of rotatable bonds is 5. The summed E-state index contributed by atoms with van der Waals surface area (Å²) in [4.78, 5) is 7.69. The summed E-state index contributed by atoms with van der Waals surface area (Å²) in [6, 6.07) is 5.79. The molecule has 0 aliphatic carbocycles. The third-order valence-corrected chi connectivity index (χ3v) is 4.27. The average Bonchev–Trinajstić information content (AvgIpc) is 3.10. The van der Waals surface area contributed by atoms with E-state index >= 15 is 0 Å². The van der Waals surface area contributed by atoms with Crippen molar-refractivity contribution in [3.8, 4) is 11.1 Å². The van der Waals surface area contributed by atoms with Crippen LogP contribution in [-0.2, 0) is 6.18 Å². The van der Waals surface area contributed by atoms with Gasteiger partial charge in [0.1, 0.15) is 5.69 Å². The van der Waals surface area contributed by atoms with Crippen LogP contribution in [0.3, 0.4) is 0 Å². The van der Waals surface area contributed by atoms with Crippen LogP contribution < -0.4 is 0 Å². The highest BCUT2D eigenvalue weighted by Gasteiger charge is 2.32. The zero-order chi connectivity index (χ0) is 18.7. The fourth-order valence-electron chi connectivity index (χ4n) is 2.55. The lowest BCUT2D eigenvalue weighted by atomic mass is 10.1. The van der Waals surface area contributed by atoms with Crippen LogP contribution in [-0.4, -0.2) is 31.5 Å². The first-order valence-electron chi connectivity index (χ1n) is 7.68. The van der Waals surface area contributed by atoms with Gasteiger partial charge in [0.05, 0.1) is 17.9 Å². The Morgan fingerprint density at radius 2 is 1.92 bits per heavy atom. The van der Waals surface area contributed by atoms with Crippen LogP contribution in [0.2, 0.25) is 0 Å². The van der Waals surface area contributed by atoms with Crippen LogP contribution in [0.25, 0.3) is 11.1 Å². The smallest absolute Gasteiger partial charge is 0.396 e. The van der Waals surface area contributed by atoms with Gasteiger partial charge in [0.2, 0.25) is 0 Å². The van der Waals surface area contributed by atoms with Crippen molar-refractivity contribution in [2.75, 3.05) is 6.61 Å². The predicted octanol–water partition coefficient (Wildman–Crippen LogP) is 4.09. The van der Waals surface area contributed by atoms with E-state index < -0.39 is 11.9 Å². The predicted molar refractivity (Wildman–Crippen MR) is 92.2 cm³/mol. The van der Waals surface area contributed by atoms with E-state index in [4.69, 9.17) is 0 Å². The highest BCUT2D eigenvalue weighted by molar-refractivity contribution is 9.10. The van der Waals surface area contributed by atoms with Gasteiger partial charge in [0.15, 0.2) is 0 Å². The Labute approximate surface area is 155 Å². The van der Waals surface area contributed by atoms with E-state index in [9.17, 15) is 18.3 Å². The van der Waals surface area contributed by atoms with E-state index in [2.05, 4.69) is 31.0 Å². The molecule has 3 rings (SSSR count). The number of alkyl halides is 3. The fraction of sp³-hybridized carbons (Fsp3) is 0.235. The van der Waals surface area contributed by atoms with Crippen LogP contribution in [0.5, 0.6) is 0 Å². The Balaban J connectivity index is 1.94. The maximum absolute atomic E-state index is 12.8. The molecule has 3 aromatic rings. The Hall–Kier alpha value is -2.26. The van der Waals surface area contributed by atoms with Crippen molar-refractivity contribution in [3.05, 3.63) is 64.9 Å². The van der Waals surface area contributed by atoms with Crippen molar-refractivity contribution in [1.82, 2.24) is 19.7 Å². The van der Waals surface area contributed by atoms with Crippen molar-refractivity contribution in [3.63, 3.8) is 0 Å². The number of aliphatic hydroxyl groups is 1. The summed E-state index contributed by atoms with van der Waals surface area (Å²) in [6.07, 6.45) is 1.75. The Kier molecular flexibility index (Phi) is 5.38. The zero-order valence-corrected chi connectivity index (χ0v) is 14.9. The Morgan fingerprint density at radius 3 is 2.58 bits per heavy atom. The Bertz CT molecular complexity index is 880. The minimum atomic E-state index is -4.51. The van der Waals surface area contributed by atoms with Gasteiger partial charge in [-0.1, -0.05) is 0 Å². The molecule has 0 radical (unpaired) electrons. The summed E-state index contributed by atoms with van der Waals surface area (Å²) < 4.78 is 41.0. The number of hydrogen-bond donors (Lipinski definition) is 1. The molecule has 136 valence electrons.